The molecule has 0 aliphatic rings. The van der Waals surface area contributed by atoms with E-state index in [1.807, 2.05) is 0 Å². The summed E-state index contributed by atoms with van der Waals surface area (Å²) >= 11 is 0. The summed E-state index contributed by atoms with van der Waals surface area (Å²) in [5.41, 5.74) is 0. The van der Waals surface area contributed by atoms with Crippen LogP contribution in [0.1, 0.15) is 58.3 Å². The second kappa shape index (κ2) is 12.8. The standard InChI is InChI=1S/C14H29NO3/c1-2-3-4-5-6-7-8-9-14(18)15(10-12-16)11-13-17/h16-17H,2-13H2,1H3. The van der Waals surface area contributed by atoms with Gasteiger partial charge >= 0.3 is 0 Å². The fourth-order valence-electron chi connectivity index (χ4n) is 1.99. The average molecular weight is 259 g/mol. The molecule has 0 heterocycles. The molecule has 0 aromatic rings. The van der Waals surface area contributed by atoms with E-state index in [1.54, 1.807) is 0 Å². The third kappa shape index (κ3) is 9.42. The van der Waals surface area contributed by atoms with Gasteiger partial charge in [-0.3, -0.25) is 4.79 Å². The molecule has 4 heteroatoms. The first-order valence-corrected chi connectivity index (χ1v) is 7.25. The minimum atomic E-state index is -0.0389. The number of nitrogens with zero attached hydrogens (tertiary/aromatic N) is 1. The zero-order chi connectivity index (χ0) is 13.6. The minimum absolute atomic E-state index is 0.0389. The van der Waals surface area contributed by atoms with Crippen LogP contribution in [0.3, 0.4) is 0 Å². The van der Waals surface area contributed by atoms with E-state index in [0.717, 1.165) is 12.8 Å². The Hall–Kier alpha value is -0.610. The van der Waals surface area contributed by atoms with E-state index in [0.29, 0.717) is 19.5 Å². The van der Waals surface area contributed by atoms with Crippen molar-refractivity contribution < 1.29 is 15.0 Å². The van der Waals surface area contributed by atoms with Gasteiger partial charge in [-0.2, -0.15) is 0 Å². The van der Waals surface area contributed by atoms with Gasteiger partial charge in [-0.15, -0.1) is 0 Å². The highest BCUT2D eigenvalue weighted by Gasteiger charge is 2.11. The van der Waals surface area contributed by atoms with Gasteiger partial charge in [-0.1, -0.05) is 45.4 Å². The van der Waals surface area contributed by atoms with E-state index in [9.17, 15) is 4.79 Å². The van der Waals surface area contributed by atoms with Crippen molar-refractivity contribution in [3.8, 4) is 0 Å². The van der Waals surface area contributed by atoms with E-state index in [4.69, 9.17) is 10.2 Å². The van der Waals surface area contributed by atoms with Gasteiger partial charge in [-0.25, -0.2) is 0 Å². The average Bonchev–Trinajstić information content (AvgIpc) is 2.37. The first-order chi connectivity index (χ1) is 8.76. The molecule has 1 amide bonds. The molecule has 108 valence electrons. The summed E-state index contributed by atoms with van der Waals surface area (Å²) < 4.78 is 0. The number of amides is 1. The summed E-state index contributed by atoms with van der Waals surface area (Å²) in [6.45, 7) is 2.78. The lowest BCUT2D eigenvalue weighted by Gasteiger charge is -2.20. The quantitative estimate of drug-likeness (QED) is 0.527. The van der Waals surface area contributed by atoms with E-state index < -0.39 is 0 Å². The van der Waals surface area contributed by atoms with Gasteiger partial charge in [0.15, 0.2) is 0 Å². The fourth-order valence-corrected chi connectivity index (χ4v) is 1.99. The first kappa shape index (κ1) is 17.4. The van der Waals surface area contributed by atoms with Crippen molar-refractivity contribution in [2.45, 2.75) is 58.3 Å². The molecule has 0 atom stereocenters. The summed E-state index contributed by atoms with van der Waals surface area (Å²) in [5.74, 6) is 0.0478. The first-order valence-electron chi connectivity index (χ1n) is 7.25. The van der Waals surface area contributed by atoms with Crippen LogP contribution in [0.2, 0.25) is 0 Å². The van der Waals surface area contributed by atoms with Crippen LogP contribution in [-0.4, -0.2) is 47.3 Å². The van der Waals surface area contributed by atoms with Crippen LogP contribution < -0.4 is 0 Å². The summed E-state index contributed by atoms with van der Waals surface area (Å²) in [6, 6.07) is 0. The van der Waals surface area contributed by atoms with Crippen LogP contribution in [0.4, 0.5) is 0 Å². The second-order valence-corrected chi connectivity index (χ2v) is 4.70. The van der Waals surface area contributed by atoms with Gasteiger partial charge in [0.1, 0.15) is 0 Å². The molecule has 18 heavy (non-hydrogen) atoms. The summed E-state index contributed by atoms with van der Waals surface area (Å²) in [5, 5.41) is 17.7. The smallest absolute Gasteiger partial charge is 0.222 e. The molecule has 0 aliphatic heterocycles. The minimum Gasteiger partial charge on any atom is -0.395 e. The number of unbranched alkanes of at least 4 members (excludes halogenated alkanes) is 6. The topological polar surface area (TPSA) is 60.8 Å². The monoisotopic (exact) mass is 259 g/mol. The molecule has 0 saturated heterocycles. The molecule has 0 bridgehead atoms. The Balaban J connectivity index is 3.54. The summed E-state index contributed by atoms with van der Waals surface area (Å²) in [6.07, 6.45) is 8.88. The van der Waals surface area contributed by atoms with Crippen LogP contribution in [-0.2, 0) is 4.79 Å². The normalized spacial score (nSPS) is 10.6. The highest BCUT2D eigenvalue weighted by Crippen LogP contribution is 2.09. The molecule has 4 nitrogen and oxygen atoms in total. The van der Waals surface area contributed by atoms with Crippen molar-refractivity contribution in [1.82, 2.24) is 4.90 Å². The second-order valence-electron chi connectivity index (χ2n) is 4.70. The maximum atomic E-state index is 11.8. The van der Waals surface area contributed by atoms with Gasteiger partial charge < -0.3 is 15.1 Å². The number of aliphatic hydroxyl groups is 2. The molecule has 0 aromatic heterocycles. The summed E-state index contributed by atoms with van der Waals surface area (Å²) in [7, 11) is 0. The molecule has 0 spiro atoms. The molecular formula is C14H29NO3. The molecule has 0 radical (unpaired) electrons. The number of hydrogen-bond acceptors (Lipinski definition) is 3. The van der Waals surface area contributed by atoms with Crippen LogP contribution in [0, 0.1) is 0 Å². The number of aliphatic hydroxyl groups excluding tert-OH is 2. The Labute approximate surface area is 111 Å². The zero-order valence-electron chi connectivity index (χ0n) is 11.7. The highest BCUT2D eigenvalue weighted by atomic mass is 16.3. The van der Waals surface area contributed by atoms with Crippen molar-refractivity contribution in [2.75, 3.05) is 26.3 Å². The van der Waals surface area contributed by atoms with Crippen molar-refractivity contribution in [3.63, 3.8) is 0 Å². The number of carbonyl (C=O) groups is 1. The predicted octanol–water partition coefficient (Wildman–Crippen LogP) is 1.94. The maximum absolute atomic E-state index is 11.8. The molecule has 0 fully saturated rings. The van der Waals surface area contributed by atoms with Crippen LogP contribution in [0.25, 0.3) is 0 Å². The Morgan fingerprint density at radius 1 is 0.889 bits per heavy atom. The van der Waals surface area contributed by atoms with Gasteiger partial charge in [0.25, 0.3) is 0 Å². The van der Waals surface area contributed by atoms with E-state index in [-0.39, 0.29) is 19.1 Å². The number of hydrogen-bond donors (Lipinski definition) is 2. The van der Waals surface area contributed by atoms with Gasteiger partial charge in [-0.05, 0) is 6.42 Å². The molecule has 0 aromatic carbocycles. The lowest BCUT2D eigenvalue weighted by Crippen LogP contribution is -2.35. The Kier molecular flexibility index (Phi) is 12.4. The van der Waals surface area contributed by atoms with E-state index >= 15 is 0 Å². The maximum Gasteiger partial charge on any atom is 0.222 e. The Morgan fingerprint density at radius 3 is 1.89 bits per heavy atom. The van der Waals surface area contributed by atoms with Crippen LogP contribution >= 0.6 is 0 Å². The van der Waals surface area contributed by atoms with Crippen molar-refractivity contribution in [3.05, 3.63) is 0 Å². The lowest BCUT2D eigenvalue weighted by molar-refractivity contribution is -0.132. The lowest BCUT2D eigenvalue weighted by atomic mass is 10.1. The van der Waals surface area contributed by atoms with Gasteiger partial charge in [0.05, 0.1) is 13.2 Å². The highest BCUT2D eigenvalue weighted by molar-refractivity contribution is 5.76. The van der Waals surface area contributed by atoms with Gasteiger partial charge in [0.2, 0.25) is 5.91 Å². The predicted molar refractivity (Wildman–Crippen MR) is 73.4 cm³/mol. The molecule has 0 aliphatic carbocycles. The Bertz CT molecular complexity index is 191. The zero-order valence-corrected chi connectivity index (χ0v) is 11.7. The number of carbonyl (C=O) groups excluding carboxylic acids is 1. The SMILES string of the molecule is CCCCCCCCCC(=O)N(CCO)CCO. The largest absolute Gasteiger partial charge is 0.395 e. The van der Waals surface area contributed by atoms with E-state index in [1.165, 1.54) is 37.0 Å². The summed E-state index contributed by atoms with van der Waals surface area (Å²) in [4.78, 5) is 13.3. The molecule has 2 N–H and O–H groups in total. The van der Waals surface area contributed by atoms with Crippen LogP contribution in [0.5, 0.6) is 0 Å². The third-order valence-electron chi connectivity index (χ3n) is 3.09. The third-order valence-corrected chi connectivity index (χ3v) is 3.09. The fraction of sp³-hybridized carbons (Fsp3) is 0.929. The van der Waals surface area contributed by atoms with Crippen molar-refractivity contribution in [2.24, 2.45) is 0 Å². The van der Waals surface area contributed by atoms with Crippen LogP contribution in [0.15, 0.2) is 0 Å². The molecule has 0 unspecified atom stereocenters. The van der Waals surface area contributed by atoms with Gasteiger partial charge in [0, 0.05) is 19.5 Å². The molecular weight excluding hydrogens is 230 g/mol. The van der Waals surface area contributed by atoms with Crippen molar-refractivity contribution in [1.29, 1.82) is 0 Å². The number of rotatable bonds is 12. The Morgan fingerprint density at radius 2 is 1.39 bits per heavy atom. The molecule has 0 rings (SSSR count). The van der Waals surface area contributed by atoms with Crippen molar-refractivity contribution >= 4 is 5.91 Å². The van der Waals surface area contributed by atoms with E-state index in [2.05, 4.69) is 6.92 Å². The molecule has 0 saturated carbocycles.